The molecule has 0 aromatic heterocycles. The second-order valence-corrected chi connectivity index (χ2v) is 4.82. The first-order chi connectivity index (χ1) is 8.33. The molecule has 0 radical (unpaired) electrons. The highest BCUT2D eigenvalue weighted by Gasteiger charge is 2.20. The van der Waals surface area contributed by atoms with Gasteiger partial charge in [-0.25, -0.2) is 0 Å². The van der Waals surface area contributed by atoms with Crippen molar-refractivity contribution >= 4 is 5.78 Å². The number of hydrogen-bond acceptors (Lipinski definition) is 3. The molecule has 3 nitrogen and oxygen atoms in total. The Morgan fingerprint density at radius 1 is 1.41 bits per heavy atom. The highest BCUT2D eigenvalue weighted by Crippen LogP contribution is 2.26. The predicted octanol–water partition coefficient (Wildman–Crippen LogP) is 1.95. The van der Waals surface area contributed by atoms with Gasteiger partial charge in [0.2, 0.25) is 0 Å². The van der Waals surface area contributed by atoms with Crippen molar-refractivity contribution in [1.82, 2.24) is 5.32 Å². The molecule has 1 aliphatic heterocycles. The van der Waals surface area contributed by atoms with Crippen molar-refractivity contribution < 1.29 is 9.53 Å². The fourth-order valence-electron chi connectivity index (χ4n) is 2.18. The summed E-state index contributed by atoms with van der Waals surface area (Å²) in [5, 5.41) is 3.36. The van der Waals surface area contributed by atoms with Crippen molar-refractivity contribution in [3.63, 3.8) is 0 Å². The first kappa shape index (κ1) is 10.8. The molecule has 0 unspecified atom stereocenters. The van der Waals surface area contributed by atoms with E-state index in [4.69, 9.17) is 4.74 Å². The van der Waals surface area contributed by atoms with Gasteiger partial charge in [-0.05, 0) is 36.6 Å². The average molecular weight is 231 g/mol. The summed E-state index contributed by atoms with van der Waals surface area (Å²) in [5.74, 6) is 1.17. The van der Waals surface area contributed by atoms with Gasteiger partial charge in [0.1, 0.15) is 5.75 Å². The Balaban J connectivity index is 1.60. The van der Waals surface area contributed by atoms with Crippen molar-refractivity contribution in [3.8, 4) is 5.75 Å². The molecule has 0 amide bonds. The van der Waals surface area contributed by atoms with Crippen LogP contribution in [-0.4, -0.2) is 25.0 Å². The largest absolute Gasteiger partial charge is 0.493 e. The number of hydrogen-bond donors (Lipinski definition) is 1. The van der Waals surface area contributed by atoms with Crippen LogP contribution in [0.3, 0.4) is 0 Å². The lowest BCUT2D eigenvalue weighted by molar-refractivity contribution is 0.0982. The Labute approximate surface area is 101 Å². The van der Waals surface area contributed by atoms with Crippen LogP contribution in [0.25, 0.3) is 0 Å². The third-order valence-corrected chi connectivity index (χ3v) is 3.37. The summed E-state index contributed by atoms with van der Waals surface area (Å²) in [4.78, 5) is 12.0. The van der Waals surface area contributed by atoms with Gasteiger partial charge in [-0.3, -0.25) is 4.79 Å². The molecule has 1 heterocycles. The van der Waals surface area contributed by atoms with Gasteiger partial charge in [-0.15, -0.1) is 0 Å². The minimum Gasteiger partial charge on any atom is -0.493 e. The summed E-state index contributed by atoms with van der Waals surface area (Å²) in [6.07, 6.45) is 4.06. The third-order valence-electron chi connectivity index (χ3n) is 3.37. The topological polar surface area (TPSA) is 38.3 Å². The van der Waals surface area contributed by atoms with Crippen LogP contribution in [0, 0.1) is 0 Å². The molecule has 2 aliphatic rings. The quantitative estimate of drug-likeness (QED) is 0.787. The van der Waals surface area contributed by atoms with E-state index in [2.05, 4.69) is 5.32 Å². The molecule has 17 heavy (non-hydrogen) atoms. The van der Waals surface area contributed by atoms with E-state index in [0.717, 1.165) is 30.9 Å². The highest BCUT2D eigenvalue weighted by atomic mass is 16.5. The Hall–Kier alpha value is -1.35. The first-order valence-electron chi connectivity index (χ1n) is 6.35. The molecule has 1 aliphatic carbocycles. The number of benzene rings is 1. The Morgan fingerprint density at radius 3 is 3.12 bits per heavy atom. The van der Waals surface area contributed by atoms with Crippen LogP contribution < -0.4 is 10.1 Å². The lowest BCUT2D eigenvalue weighted by Crippen LogP contribution is -2.20. The number of fused-ring (bicyclic) bond motifs is 1. The minimum atomic E-state index is 0.229. The van der Waals surface area contributed by atoms with Gasteiger partial charge >= 0.3 is 0 Å². The van der Waals surface area contributed by atoms with Crippen LogP contribution >= 0.6 is 0 Å². The maximum Gasteiger partial charge on any atom is 0.164 e. The van der Waals surface area contributed by atoms with Crippen LogP contribution in [0.4, 0.5) is 0 Å². The zero-order valence-corrected chi connectivity index (χ0v) is 9.87. The van der Waals surface area contributed by atoms with E-state index in [1.165, 1.54) is 18.4 Å². The number of ether oxygens (including phenoxy) is 1. The van der Waals surface area contributed by atoms with Crippen LogP contribution in [-0.2, 0) is 6.42 Å². The van der Waals surface area contributed by atoms with Gasteiger partial charge in [0.15, 0.2) is 5.78 Å². The molecule has 0 spiro atoms. The summed E-state index contributed by atoms with van der Waals surface area (Å²) < 4.78 is 5.43. The maximum atomic E-state index is 12.0. The monoisotopic (exact) mass is 231 g/mol. The van der Waals surface area contributed by atoms with Gasteiger partial charge in [-0.2, -0.15) is 0 Å². The second-order valence-electron chi connectivity index (χ2n) is 4.82. The van der Waals surface area contributed by atoms with E-state index in [0.29, 0.717) is 12.5 Å². The molecule has 3 heteroatoms. The average Bonchev–Trinajstić information content (AvgIpc) is 3.04. The number of ketones is 1. The molecule has 3 rings (SSSR count). The van der Waals surface area contributed by atoms with Crippen molar-refractivity contribution in [1.29, 1.82) is 0 Å². The lowest BCUT2D eigenvalue weighted by Gasteiger charge is -2.04. The number of rotatable bonds is 5. The zero-order valence-electron chi connectivity index (χ0n) is 9.87. The van der Waals surface area contributed by atoms with E-state index in [1.54, 1.807) is 0 Å². The highest BCUT2D eigenvalue weighted by molar-refractivity contribution is 5.96. The van der Waals surface area contributed by atoms with Crippen LogP contribution in [0.15, 0.2) is 18.2 Å². The summed E-state index contributed by atoms with van der Waals surface area (Å²) in [5.41, 5.74) is 2.00. The molecule has 1 fully saturated rings. The molecule has 0 atom stereocenters. The molecule has 0 saturated heterocycles. The van der Waals surface area contributed by atoms with Crippen LogP contribution in [0.2, 0.25) is 0 Å². The smallest absolute Gasteiger partial charge is 0.164 e. The molecular weight excluding hydrogens is 214 g/mol. The van der Waals surface area contributed by atoms with E-state index in [9.17, 15) is 4.79 Å². The molecular formula is C14H17NO2. The Bertz CT molecular complexity index is 438. The van der Waals surface area contributed by atoms with Crippen molar-refractivity contribution in [2.75, 3.05) is 13.2 Å². The zero-order chi connectivity index (χ0) is 11.7. The SMILES string of the molecule is O=C(CCNC1CC1)c1ccc2c(c1)CCO2. The summed E-state index contributed by atoms with van der Waals surface area (Å²) in [7, 11) is 0. The van der Waals surface area contributed by atoms with E-state index >= 15 is 0 Å². The standard InChI is InChI=1S/C14H17NO2/c16-13(5-7-15-12-2-3-12)10-1-4-14-11(9-10)6-8-17-14/h1,4,9,12,15H,2-3,5-8H2. The van der Waals surface area contributed by atoms with Gasteiger partial charge in [0.05, 0.1) is 6.61 Å². The molecule has 90 valence electrons. The maximum absolute atomic E-state index is 12.0. The number of carbonyl (C=O) groups excluding carboxylic acids is 1. The van der Waals surface area contributed by atoms with Gasteiger partial charge in [-0.1, -0.05) is 0 Å². The summed E-state index contributed by atoms with van der Waals surface area (Å²) in [6.45, 7) is 1.55. The summed E-state index contributed by atoms with van der Waals surface area (Å²) in [6, 6.07) is 6.46. The number of carbonyl (C=O) groups is 1. The molecule has 1 aromatic carbocycles. The van der Waals surface area contributed by atoms with Crippen molar-refractivity contribution in [3.05, 3.63) is 29.3 Å². The van der Waals surface area contributed by atoms with Crippen LogP contribution in [0.5, 0.6) is 5.75 Å². The third kappa shape index (κ3) is 2.50. The Kier molecular flexibility index (Phi) is 2.85. The first-order valence-corrected chi connectivity index (χ1v) is 6.35. The van der Waals surface area contributed by atoms with E-state index in [-0.39, 0.29) is 5.78 Å². The van der Waals surface area contributed by atoms with Crippen LogP contribution in [0.1, 0.15) is 35.2 Å². The van der Waals surface area contributed by atoms with Gasteiger partial charge in [0, 0.05) is 31.0 Å². The van der Waals surface area contributed by atoms with E-state index < -0.39 is 0 Å². The van der Waals surface area contributed by atoms with E-state index in [1.807, 2.05) is 18.2 Å². The van der Waals surface area contributed by atoms with Crippen molar-refractivity contribution in [2.24, 2.45) is 0 Å². The molecule has 1 N–H and O–H groups in total. The fraction of sp³-hybridized carbons (Fsp3) is 0.500. The van der Waals surface area contributed by atoms with Crippen molar-refractivity contribution in [2.45, 2.75) is 31.7 Å². The summed E-state index contributed by atoms with van der Waals surface area (Å²) >= 11 is 0. The molecule has 0 bridgehead atoms. The molecule has 1 saturated carbocycles. The van der Waals surface area contributed by atoms with Gasteiger partial charge < -0.3 is 10.1 Å². The normalized spacial score (nSPS) is 17.6. The molecule has 1 aromatic rings. The minimum absolute atomic E-state index is 0.229. The lowest BCUT2D eigenvalue weighted by atomic mass is 10.0. The number of Topliss-reactive ketones (excluding diaryl/α,β-unsaturated/α-hetero) is 1. The fourth-order valence-corrected chi connectivity index (χ4v) is 2.18. The predicted molar refractivity (Wildman–Crippen MR) is 65.6 cm³/mol. The Morgan fingerprint density at radius 2 is 2.29 bits per heavy atom. The second kappa shape index (κ2) is 4.49. The number of nitrogens with one attached hydrogen (secondary N) is 1. The van der Waals surface area contributed by atoms with Gasteiger partial charge in [0.25, 0.3) is 0 Å².